The van der Waals surface area contributed by atoms with E-state index >= 15 is 0 Å². The largest absolute Gasteiger partial charge is 0.299 e. The molecule has 0 spiro atoms. The highest BCUT2D eigenvalue weighted by Gasteiger charge is 2.15. The Labute approximate surface area is 195 Å². The summed E-state index contributed by atoms with van der Waals surface area (Å²) >= 11 is 7.26. The Balaban J connectivity index is 2.23. The molecule has 1 heterocycles. The van der Waals surface area contributed by atoms with Crippen LogP contribution in [0.25, 0.3) is 0 Å². The summed E-state index contributed by atoms with van der Waals surface area (Å²) in [6.07, 6.45) is 20.8. The number of hydrogen-bond donors (Lipinski definition) is 1. The first-order valence-electron chi connectivity index (χ1n) is 12.6. The lowest BCUT2D eigenvalue weighted by atomic mass is 10.1. The number of aromatic amines is 1. The smallest absolute Gasteiger partial charge is 0.276 e. The Hall–Kier alpha value is -0.550. The third-order valence-electron chi connectivity index (χ3n) is 5.81. The zero-order chi connectivity index (χ0) is 22.0. The van der Waals surface area contributed by atoms with Crippen LogP contribution in [0.15, 0.2) is 4.79 Å². The Morgan fingerprint density at radius 1 is 0.800 bits per heavy atom. The number of thiocarbonyl (C=S) groups is 1. The van der Waals surface area contributed by atoms with Crippen molar-refractivity contribution in [1.82, 2.24) is 9.78 Å². The van der Waals surface area contributed by atoms with Gasteiger partial charge in [-0.3, -0.25) is 14.6 Å². The first kappa shape index (κ1) is 27.5. The Morgan fingerprint density at radius 2 is 1.27 bits per heavy atom. The molecular formula is C25H46N2OS2. The molecule has 174 valence electrons. The molecule has 0 aromatic carbocycles. The maximum atomic E-state index is 12.8. The van der Waals surface area contributed by atoms with E-state index < -0.39 is 0 Å². The van der Waals surface area contributed by atoms with Gasteiger partial charge in [-0.15, -0.1) is 11.8 Å². The normalized spacial score (nSPS) is 11.3. The summed E-state index contributed by atoms with van der Waals surface area (Å²) in [5, 5.41) is 3.25. The van der Waals surface area contributed by atoms with Crippen LogP contribution in [-0.4, -0.2) is 19.7 Å². The number of thioether (sulfide) groups is 1. The molecule has 1 aromatic heterocycles. The summed E-state index contributed by atoms with van der Waals surface area (Å²) in [4.78, 5) is 12.8. The van der Waals surface area contributed by atoms with Gasteiger partial charge in [0.1, 0.15) is 0 Å². The molecule has 0 amide bonds. The van der Waals surface area contributed by atoms with E-state index in [2.05, 4.69) is 18.9 Å². The highest BCUT2D eigenvalue weighted by atomic mass is 32.2. The van der Waals surface area contributed by atoms with E-state index in [0.29, 0.717) is 0 Å². The van der Waals surface area contributed by atoms with Gasteiger partial charge in [0, 0.05) is 12.2 Å². The second-order valence-corrected chi connectivity index (χ2v) is 10.4. The Bertz CT molecular complexity index is 621. The zero-order valence-corrected chi connectivity index (χ0v) is 21.5. The van der Waals surface area contributed by atoms with Gasteiger partial charge in [0.2, 0.25) is 0 Å². The summed E-state index contributed by atoms with van der Waals surface area (Å²) in [7, 11) is 0. The molecule has 0 atom stereocenters. The van der Waals surface area contributed by atoms with Gasteiger partial charge < -0.3 is 0 Å². The van der Waals surface area contributed by atoms with Gasteiger partial charge in [-0.2, -0.15) is 0 Å². The van der Waals surface area contributed by atoms with Crippen LogP contribution in [0.1, 0.15) is 128 Å². The minimum Gasteiger partial charge on any atom is -0.299 e. The van der Waals surface area contributed by atoms with Gasteiger partial charge in [0.15, 0.2) is 0 Å². The first-order valence-corrected chi connectivity index (χ1v) is 14.0. The third kappa shape index (κ3) is 11.7. The monoisotopic (exact) mass is 454 g/mol. The van der Waals surface area contributed by atoms with Gasteiger partial charge in [-0.1, -0.05) is 116 Å². The van der Waals surface area contributed by atoms with E-state index in [1.54, 1.807) is 16.4 Å². The molecule has 0 radical (unpaired) electrons. The molecule has 0 bridgehead atoms. The summed E-state index contributed by atoms with van der Waals surface area (Å²) in [5.74, 6) is 1.02. The van der Waals surface area contributed by atoms with Gasteiger partial charge >= 0.3 is 0 Å². The highest BCUT2D eigenvalue weighted by Crippen LogP contribution is 2.17. The number of nitrogens with one attached hydrogen (secondary N) is 1. The number of H-pyrrole nitrogens is 1. The van der Waals surface area contributed by atoms with Crippen LogP contribution < -0.4 is 5.56 Å². The van der Waals surface area contributed by atoms with Crippen LogP contribution in [-0.2, 0) is 6.54 Å². The lowest BCUT2D eigenvalue weighted by Gasteiger charge is -2.03. The molecular weight excluding hydrogens is 408 g/mol. The van der Waals surface area contributed by atoms with Gasteiger partial charge in [0.25, 0.3) is 5.56 Å². The molecule has 0 unspecified atom stereocenters. The molecule has 30 heavy (non-hydrogen) atoms. The molecule has 0 saturated heterocycles. The maximum Gasteiger partial charge on any atom is 0.276 e. The molecule has 3 nitrogen and oxygen atoms in total. The standard InChI is InChI=1S/C25H46N2OS2/c1-4-6-8-10-12-13-14-15-16-18-20-27-24(28)23(22(3)26-27)25(29)30-21-19-17-11-9-7-5-2/h26H,4-21H2,1-3H3. The average Bonchev–Trinajstić information content (AvgIpc) is 3.01. The van der Waals surface area contributed by atoms with Crippen molar-refractivity contribution >= 4 is 28.2 Å². The van der Waals surface area contributed by atoms with Crippen LogP contribution in [0, 0.1) is 6.92 Å². The SMILES string of the molecule is CCCCCCCCCCCCn1[nH]c(C)c(C(=S)SCCCCCCCC)c1=O. The predicted octanol–water partition coefficient (Wildman–Crippen LogP) is 8.17. The summed E-state index contributed by atoms with van der Waals surface area (Å²) in [6, 6.07) is 0. The van der Waals surface area contributed by atoms with Crippen LogP contribution in [0.4, 0.5) is 0 Å². The number of rotatable bonds is 19. The molecule has 0 saturated carbocycles. The summed E-state index contributed by atoms with van der Waals surface area (Å²) in [5.41, 5.74) is 1.73. The van der Waals surface area contributed by atoms with Crippen molar-refractivity contribution in [1.29, 1.82) is 0 Å². The van der Waals surface area contributed by atoms with Crippen molar-refractivity contribution < 1.29 is 0 Å². The average molecular weight is 455 g/mol. The number of nitrogens with zero attached hydrogens (tertiary/aromatic N) is 1. The van der Waals surface area contributed by atoms with Crippen molar-refractivity contribution in [3.8, 4) is 0 Å². The van der Waals surface area contributed by atoms with Crippen molar-refractivity contribution in [3.63, 3.8) is 0 Å². The van der Waals surface area contributed by atoms with Crippen molar-refractivity contribution in [3.05, 3.63) is 21.6 Å². The van der Waals surface area contributed by atoms with Gasteiger partial charge in [0.05, 0.1) is 9.76 Å². The van der Waals surface area contributed by atoms with Gasteiger partial charge in [-0.25, -0.2) is 0 Å². The number of aryl methyl sites for hydroxylation is 2. The van der Waals surface area contributed by atoms with E-state index in [0.717, 1.165) is 34.2 Å². The Morgan fingerprint density at radius 3 is 1.80 bits per heavy atom. The molecule has 0 fully saturated rings. The van der Waals surface area contributed by atoms with Crippen molar-refractivity contribution in [2.45, 2.75) is 130 Å². The van der Waals surface area contributed by atoms with Crippen molar-refractivity contribution in [2.75, 3.05) is 5.75 Å². The minimum atomic E-state index is 0.0730. The lowest BCUT2D eigenvalue weighted by molar-refractivity contribution is 0.507. The second-order valence-electron chi connectivity index (χ2n) is 8.65. The van der Waals surface area contributed by atoms with E-state index in [9.17, 15) is 4.79 Å². The summed E-state index contributed by atoms with van der Waals surface area (Å²) in [6.45, 7) is 7.27. The maximum absolute atomic E-state index is 12.8. The minimum absolute atomic E-state index is 0.0730. The molecule has 1 rings (SSSR count). The zero-order valence-electron chi connectivity index (χ0n) is 19.9. The topological polar surface area (TPSA) is 37.8 Å². The fraction of sp³-hybridized carbons (Fsp3) is 0.840. The van der Waals surface area contributed by atoms with E-state index in [-0.39, 0.29) is 5.56 Å². The van der Waals surface area contributed by atoms with E-state index in [4.69, 9.17) is 12.2 Å². The summed E-state index contributed by atoms with van der Waals surface area (Å²) < 4.78 is 2.54. The fourth-order valence-electron chi connectivity index (χ4n) is 3.88. The van der Waals surface area contributed by atoms with Crippen molar-refractivity contribution in [2.24, 2.45) is 0 Å². The number of aromatic nitrogens is 2. The Kier molecular flexibility index (Phi) is 16.5. The van der Waals surface area contributed by atoms with Crippen LogP contribution in [0.2, 0.25) is 0 Å². The first-order chi connectivity index (χ1) is 14.6. The molecule has 0 aliphatic carbocycles. The fourth-order valence-corrected chi connectivity index (χ4v) is 5.29. The predicted molar refractivity (Wildman–Crippen MR) is 139 cm³/mol. The van der Waals surface area contributed by atoms with Crippen LogP contribution in [0.3, 0.4) is 0 Å². The van der Waals surface area contributed by atoms with E-state index in [1.165, 1.54) is 96.3 Å². The molecule has 5 heteroatoms. The molecule has 1 aromatic rings. The third-order valence-corrected chi connectivity index (χ3v) is 7.32. The molecule has 1 N–H and O–H groups in total. The van der Waals surface area contributed by atoms with Crippen LogP contribution >= 0.6 is 24.0 Å². The molecule has 0 aliphatic rings. The second kappa shape index (κ2) is 18.1. The lowest BCUT2D eigenvalue weighted by Crippen LogP contribution is -2.20. The number of hydrogen-bond acceptors (Lipinski definition) is 3. The van der Waals surface area contributed by atoms with E-state index in [1.807, 2.05) is 6.92 Å². The van der Waals surface area contributed by atoms with Gasteiger partial charge in [-0.05, 0) is 25.5 Å². The number of unbranched alkanes of at least 4 members (excludes halogenated alkanes) is 14. The van der Waals surface area contributed by atoms with Crippen LogP contribution in [0.5, 0.6) is 0 Å². The molecule has 0 aliphatic heterocycles. The highest BCUT2D eigenvalue weighted by molar-refractivity contribution is 8.23. The quantitative estimate of drug-likeness (QED) is 0.169.